The zero-order chi connectivity index (χ0) is 25.0. The Bertz CT molecular complexity index is 758. The van der Waals surface area contributed by atoms with E-state index in [9.17, 15) is 38.7 Å². The number of carbonyl (C=O) groups is 7. The van der Waals surface area contributed by atoms with Gasteiger partial charge in [-0.3, -0.25) is 28.8 Å². The van der Waals surface area contributed by atoms with Gasteiger partial charge < -0.3 is 48.5 Å². The summed E-state index contributed by atoms with van der Waals surface area (Å²) in [6.45, 7) is -1.04. The number of aliphatic hydroxyl groups is 1. The van der Waals surface area contributed by atoms with E-state index < -0.39 is 85.1 Å². The molecule has 0 rings (SSSR count). The fourth-order valence-electron chi connectivity index (χ4n) is 2.23. The van der Waals surface area contributed by atoms with Crippen molar-refractivity contribution in [3.8, 4) is 0 Å². The lowest BCUT2D eigenvalue weighted by molar-refractivity contribution is -0.147. The molecule has 0 spiro atoms. The van der Waals surface area contributed by atoms with Crippen molar-refractivity contribution in [2.75, 3.05) is 6.61 Å². The summed E-state index contributed by atoms with van der Waals surface area (Å²) < 4.78 is 0. The van der Waals surface area contributed by atoms with Crippen molar-refractivity contribution in [1.82, 2.24) is 16.0 Å². The Morgan fingerprint density at radius 3 is 1.66 bits per heavy atom. The first kappa shape index (κ1) is 28.2. The number of amides is 5. The highest BCUT2D eigenvalue weighted by Crippen LogP contribution is 2.00. The van der Waals surface area contributed by atoms with Crippen molar-refractivity contribution in [2.45, 2.75) is 49.9 Å². The molecule has 32 heavy (non-hydrogen) atoms. The number of carbonyl (C=O) groups excluding carboxylic acids is 5. The highest BCUT2D eigenvalue weighted by atomic mass is 16.4. The molecule has 0 aliphatic rings. The number of aliphatic carboxylic acids is 2. The number of hydrogen-bond acceptors (Lipinski definition) is 9. The lowest BCUT2D eigenvalue weighted by Crippen LogP contribution is -2.58. The Morgan fingerprint density at radius 1 is 0.719 bits per heavy atom. The second-order valence-electron chi connectivity index (χ2n) is 6.58. The molecule has 16 nitrogen and oxygen atoms in total. The first-order valence-electron chi connectivity index (χ1n) is 9.07. The van der Waals surface area contributed by atoms with Crippen LogP contribution in [-0.4, -0.2) is 87.6 Å². The molecule has 0 saturated heterocycles. The van der Waals surface area contributed by atoms with Crippen LogP contribution in [-0.2, 0) is 33.6 Å². The normalized spacial score (nSPS) is 14.2. The molecule has 0 bridgehead atoms. The van der Waals surface area contributed by atoms with Gasteiger partial charge in [-0.2, -0.15) is 0 Å². The molecule has 180 valence electrons. The van der Waals surface area contributed by atoms with Gasteiger partial charge in [-0.15, -0.1) is 0 Å². The maximum Gasteiger partial charge on any atom is 0.326 e. The summed E-state index contributed by atoms with van der Waals surface area (Å²) >= 11 is 0. The zero-order valence-electron chi connectivity index (χ0n) is 16.8. The van der Waals surface area contributed by atoms with Crippen molar-refractivity contribution >= 4 is 41.5 Å². The third-order valence-corrected chi connectivity index (χ3v) is 3.89. The van der Waals surface area contributed by atoms with Crippen LogP contribution in [0.25, 0.3) is 0 Å². The lowest BCUT2D eigenvalue weighted by Gasteiger charge is -2.23. The van der Waals surface area contributed by atoms with E-state index in [-0.39, 0.29) is 12.8 Å². The minimum Gasteiger partial charge on any atom is -0.481 e. The van der Waals surface area contributed by atoms with Crippen molar-refractivity contribution in [1.29, 1.82) is 0 Å². The Morgan fingerprint density at radius 2 is 1.22 bits per heavy atom. The van der Waals surface area contributed by atoms with Crippen LogP contribution in [0.3, 0.4) is 0 Å². The van der Waals surface area contributed by atoms with Gasteiger partial charge in [-0.25, -0.2) is 4.79 Å². The maximum absolute atomic E-state index is 12.4. The van der Waals surface area contributed by atoms with Crippen LogP contribution in [0.1, 0.15) is 25.7 Å². The number of carboxylic acid groups (broad SMARTS) is 2. The highest BCUT2D eigenvalue weighted by Gasteiger charge is 2.31. The fraction of sp³-hybridized carbons (Fsp3) is 0.562. The standard InChI is InChI=1S/C16H26N6O10/c17-6(1-2-10(18)24)13(28)20-7(3-11(19)25)14(29)22-9(5-23)15(30)21-8(16(31)32)4-12(26)27/h6-9,23H,1-5,17H2,(H2,18,24)(H2,19,25)(H,20,28)(H,21,30)(H,22,29)(H,26,27)(H,31,32). The van der Waals surface area contributed by atoms with E-state index >= 15 is 0 Å². The van der Waals surface area contributed by atoms with Gasteiger partial charge in [0.25, 0.3) is 0 Å². The summed E-state index contributed by atoms with van der Waals surface area (Å²) in [5.41, 5.74) is 15.6. The van der Waals surface area contributed by atoms with E-state index in [0.29, 0.717) is 0 Å². The third kappa shape index (κ3) is 10.8. The lowest BCUT2D eigenvalue weighted by atomic mass is 10.1. The molecule has 0 aliphatic carbocycles. The average Bonchev–Trinajstić information content (AvgIpc) is 2.67. The Kier molecular flexibility index (Phi) is 11.9. The molecule has 16 heteroatoms. The molecule has 0 aromatic heterocycles. The number of hydrogen-bond donors (Lipinski definition) is 9. The van der Waals surface area contributed by atoms with E-state index in [4.69, 9.17) is 27.4 Å². The van der Waals surface area contributed by atoms with Gasteiger partial charge in [0.1, 0.15) is 18.1 Å². The van der Waals surface area contributed by atoms with Crippen LogP contribution in [0.5, 0.6) is 0 Å². The molecular weight excluding hydrogens is 436 g/mol. The topological polar surface area (TPSA) is 294 Å². The SMILES string of the molecule is NC(=O)CCC(N)C(=O)NC(CC(N)=O)C(=O)NC(CO)C(=O)NC(CC(=O)O)C(=O)O. The second-order valence-corrected chi connectivity index (χ2v) is 6.58. The van der Waals surface area contributed by atoms with Gasteiger partial charge in [0.15, 0.2) is 0 Å². The van der Waals surface area contributed by atoms with Crippen LogP contribution >= 0.6 is 0 Å². The molecule has 0 saturated carbocycles. The van der Waals surface area contributed by atoms with Crippen molar-refractivity contribution in [3.63, 3.8) is 0 Å². The van der Waals surface area contributed by atoms with E-state index in [0.717, 1.165) is 0 Å². The largest absolute Gasteiger partial charge is 0.481 e. The van der Waals surface area contributed by atoms with E-state index in [1.54, 1.807) is 0 Å². The van der Waals surface area contributed by atoms with Gasteiger partial charge in [-0.05, 0) is 6.42 Å². The Balaban J connectivity index is 5.26. The van der Waals surface area contributed by atoms with Gasteiger partial charge in [-0.1, -0.05) is 0 Å². The average molecular weight is 462 g/mol. The first-order valence-corrected chi connectivity index (χ1v) is 9.07. The Labute approximate surface area is 180 Å². The molecule has 12 N–H and O–H groups in total. The molecule has 0 aromatic carbocycles. The molecule has 0 radical (unpaired) electrons. The second kappa shape index (κ2) is 13.5. The maximum atomic E-state index is 12.4. The molecule has 0 fully saturated rings. The van der Waals surface area contributed by atoms with Crippen LogP contribution in [0.4, 0.5) is 0 Å². The summed E-state index contributed by atoms with van der Waals surface area (Å²) in [6, 6.07) is -6.50. The van der Waals surface area contributed by atoms with Gasteiger partial charge in [0.2, 0.25) is 29.5 Å². The third-order valence-electron chi connectivity index (χ3n) is 3.89. The Hall–Kier alpha value is -3.79. The minimum atomic E-state index is -1.85. The fourth-order valence-corrected chi connectivity index (χ4v) is 2.23. The number of primary amides is 2. The predicted molar refractivity (Wildman–Crippen MR) is 103 cm³/mol. The van der Waals surface area contributed by atoms with E-state index in [1.165, 1.54) is 0 Å². The van der Waals surface area contributed by atoms with Crippen LogP contribution in [0, 0.1) is 0 Å². The minimum absolute atomic E-state index is 0.159. The van der Waals surface area contributed by atoms with Crippen molar-refractivity contribution in [3.05, 3.63) is 0 Å². The molecule has 4 atom stereocenters. The highest BCUT2D eigenvalue weighted by molar-refractivity contribution is 5.96. The summed E-state index contributed by atoms with van der Waals surface area (Å²) in [5.74, 6) is -8.28. The smallest absolute Gasteiger partial charge is 0.326 e. The quantitative estimate of drug-likeness (QED) is 0.110. The number of nitrogens with one attached hydrogen (secondary N) is 3. The molecule has 0 aromatic rings. The molecule has 0 heterocycles. The predicted octanol–water partition coefficient (Wildman–Crippen LogP) is -5.54. The summed E-state index contributed by atoms with van der Waals surface area (Å²) in [5, 5.41) is 32.9. The van der Waals surface area contributed by atoms with Crippen LogP contribution < -0.4 is 33.2 Å². The summed E-state index contributed by atoms with van der Waals surface area (Å²) in [4.78, 5) is 80.4. The monoisotopic (exact) mass is 462 g/mol. The van der Waals surface area contributed by atoms with Gasteiger partial charge in [0, 0.05) is 6.42 Å². The van der Waals surface area contributed by atoms with Crippen LogP contribution in [0.2, 0.25) is 0 Å². The number of carboxylic acids is 2. The molecule has 5 amide bonds. The van der Waals surface area contributed by atoms with Gasteiger partial charge >= 0.3 is 11.9 Å². The zero-order valence-corrected chi connectivity index (χ0v) is 16.8. The number of aliphatic hydroxyl groups excluding tert-OH is 1. The summed E-state index contributed by atoms with van der Waals surface area (Å²) in [6.07, 6.45) is -2.09. The number of nitrogens with two attached hydrogens (primary N) is 3. The van der Waals surface area contributed by atoms with E-state index in [1.807, 2.05) is 10.6 Å². The molecule has 0 aliphatic heterocycles. The summed E-state index contributed by atoms with van der Waals surface area (Å²) in [7, 11) is 0. The first-order chi connectivity index (χ1) is 14.8. The molecule has 4 unspecified atom stereocenters. The van der Waals surface area contributed by atoms with Crippen molar-refractivity contribution in [2.24, 2.45) is 17.2 Å². The molecular formula is C16H26N6O10. The van der Waals surface area contributed by atoms with E-state index in [2.05, 4.69) is 5.32 Å². The van der Waals surface area contributed by atoms with Crippen LogP contribution in [0.15, 0.2) is 0 Å². The van der Waals surface area contributed by atoms with Gasteiger partial charge in [0.05, 0.1) is 25.5 Å². The van der Waals surface area contributed by atoms with Crippen molar-refractivity contribution < 1.29 is 48.9 Å². The number of rotatable bonds is 15.